The Hall–Kier alpha value is -2.21. The normalized spacial score (nSPS) is 20.1. The van der Waals surface area contributed by atoms with Crippen molar-refractivity contribution in [3.8, 4) is 11.4 Å². The average molecular weight is 367 g/mol. The fourth-order valence-corrected chi connectivity index (χ4v) is 4.41. The van der Waals surface area contributed by atoms with Crippen molar-refractivity contribution < 1.29 is 4.79 Å². The van der Waals surface area contributed by atoms with Crippen molar-refractivity contribution in [2.24, 2.45) is 5.41 Å². The Labute approximate surface area is 161 Å². The Morgan fingerprint density at radius 2 is 1.89 bits per heavy atom. The summed E-state index contributed by atoms with van der Waals surface area (Å²) in [6.45, 7) is 6.11. The van der Waals surface area contributed by atoms with Gasteiger partial charge in [0.1, 0.15) is 5.82 Å². The number of aryl methyl sites for hydroxylation is 1. The molecular weight excluding hydrogens is 338 g/mol. The zero-order valence-corrected chi connectivity index (χ0v) is 16.4. The Bertz CT molecular complexity index is 789. The van der Waals surface area contributed by atoms with Gasteiger partial charge in [-0.1, -0.05) is 19.1 Å². The number of nitrogens with zero attached hydrogens (tertiary/aromatic N) is 4. The summed E-state index contributed by atoms with van der Waals surface area (Å²) in [6, 6.07) is 7.72. The van der Waals surface area contributed by atoms with E-state index in [0.29, 0.717) is 11.2 Å². The lowest BCUT2D eigenvalue weighted by Crippen LogP contribution is -2.50. The largest absolute Gasteiger partial charge is 0.338 e. The highest BCUT2D eigenvalue weighted by atomic mass is 16.2. The molecule has 2 saturated heterocycles. The predicted molar refractivity (Wildman–Crippen MR) is 105 cm³/mol. The fraction of sp³-hybridized carbons (Fsp3) is 0.571. The van der Waals surface area contributed by atoms with Gasteiger partial charge in [0, 0.05) is 30.6 Å². The Kier molecular flexibility index (Phi) is 5.00. The second-order valence-corrected chi connectivity index (χ2v) is 8.17. The number of benzene rings is 1. The number of nitrogens with one attached hydrogen (secondary N) is 1. The minimum Gasteiger partial charge on any atom is -0.338 e. The lowest BCUT2D eigenvalue weighted by atomic mass is 9.72. The highest BCUT2D eigenvalue weighted by Crippen LogP contribution is 2.39. The molecule has 2 fully saturated rings. The number of carbonyl (C=O) groups is 1. The van der Waals surface area contributed by atoms with Gasteiger partial charge < -0.3 is 9.80 Å². The van der Waals surface area contributed by atoms with E-state index >= 15 is 0 Å². The number of hydrogen-bond donors (Lipinski definition) is 1. The zero-order chi connectivity index (χ0) is 18.9. The van der Waals surface area contributed by atoms with Gasteiger partial charge in [-0.15, -0.1) is 0 Å². The van der Waals surface area contributed by atoms with Crippen LogP contribution in [0.5, 0.6) is 0 Å². The second-order valence-electron chi connectivity index (χ2n) is 8.17. The molecule has 3 heterocycles. The summed E-state index contributed by atoms with van der Waals surface area (Å²) < 4.78 is 0. The van der Waals surface area contributed by atoms with Crippen LogP contribution in [0.3, 0.4) is 0 Å². The minimum atomic E-state index is 0.156. The molecule has 1 aromatic heterocycles. The molecule has 0 unspecified atom stereocenters. The van der Waals surface area contributed by atoms with Crippen molar-refractivity contribution in [2.45, 2.75) is 39.0 Å². The number of carbonyl (C=O) groups excluding carboxylic acids is 1. The molecule has 1 amide bonds. The zero-order valence-electron chi connectivity index (χ0n) is 16.4. The molecule has 0 bridgehead atoms. The SMILES string of the molecule is CCc1nc(-c2ccc(C(=O)N3CCCC4(CCN(C)CC4)C3)cc2)n[nH]1. The number of rotatable bonds is 3. The Morgan fingerprint density at radius 1 is 1.15 bits per heavy atom. The van der Waals surface area contributed by atoms with E-state index in [1.807, 2.05) is 31.2 Å². The first-order valence-corrected chi connectivity index (χ1v) is 10.1. The van der Waals surface area contributed by atoms with Crippen LogP contribution >= 0.6 is 0 Å². The quantitative estimate of drug-likeness (QED) is 0.906. The molecule has 2 aromatic rings. The maximum atomic E-state index is 13.1. The predicted octanol–water partition coefficient (Wildman–Crippen LogP) is 2.98. The third-order valence-corrected chi connectivity index (χ3v) is 6.25. The lowest BCUT2D eigenvalue weighted by molar-refractivity contribution is 0.0261. The van der Waals surface area contributed by atoms with Crippen LogP contribution in [0.25, 0.3) is 11.4 Å². The van der Waals surface area contributed by atoms with Crippen molar-refractivity contribution in [2.75, 3.05) is 33.2 Å². The molecule has 1 spiro atoms. The average Bonchev–Trinajstić information content (AvgIpc) is 3.19. The van der Waals surface area contributed by atoms with Crippen LogP contribution in [-0.4, -0.2) is 64.1 Å². The number of hydrogen-bond acceptors (Lipinski definition) is 4. The molecule has 1 N–H and O–H groups in total. The highest BCUT2D eigenvalue weighted by Gasteiger charge is 2.39. The van der Waals surface area contributed by atoms with Crippen molar-refractivity contribution >= 4 is 5.91 Å². The van der Waals surface area contributed by atoms with Crippen LogP contribution in [-0.2, 0) is 6.42 Å². The second kappa shape index (κ2) is 7.43. The van der Waals surface area contributed by atoms with E-state index < -0.39 is 0 Å². The van der Waals surface area contributed by atoms with Crippen LogP contribution in [0.2, 0.25) is 0 Å². The van der Waals surface area contributed by atoms with Gasteiger partial charge in [-0.2, -0.15) is 5.10 Å². The summed E-state index contributed by atoms with van der Waals surface area (Å²) in [4.78, 5) is 22.0. The van der Waals surface area contributed by atoms with Gasteiger partial charge in [-0.3, -0.25) is 9.89 Å². The standard InChI is InChI=1S/C21H29N5O/c1-3-18-22-19(24-23-18)16-5-7-17(8-6-16)20(27)26-12-4-9-21(15-26)10-13-25(2)14-11-21/h5-8H,3-4,9-15H2,1-2H3,(H,22,23,24). The molecule has 6 nitrogen and oxygen atoms in total. The minimum absolute atomic E-state index is 0.156. The van der Waals surface area contributed by atoms with Gasteiger partial charge in [0.15, 0.2) is 5.82 Å². The van der Waals surface area contributed by atoms with E-state index in [-0.39, 0.29) is 5.91 Å². The first kappa shape index (κ1) is 18.2. The van der Waals surface area contributed by atoms with E-state index in [1.54, 1.807) is 0 Å². The summed E-state index contributed by atoms with van der Waals surface area (Å²) in [5.41, 5.74) is 2.03. The van der Waals surface area contributed by atoms with Crippen LogP contribution in [0.15, 0.2) is 24.3 Å². The molecule has 4 rings (SSSR count). The fourth-order valence-electron chi connectivity index (χ4n) is 4.41. The number of likely N-dealkylation sites (tertiary alicyclic amines) is 2. The Balaban J connectivity index is 1.46. The maximum absolute atomic E-state index is 13.1. The molecule has 0 saturated carbocycles. The molecule has 27 heavy (non-hydrogen) atoms. The van der Waals surface area contributed by atoms with E-state index in [9.17, 15) is 4.79 Å². The molecule has 1 aromatic carbocycles. The van der Waals surface area contributed by atoms with Crippen LogP contribution in [0, 0.1) is 5.41 Å². The maximum Gasteiger partial charge on any atom is 0.253 e. The summed E-state index contributed by atoms with van der Waals surface area (Å²) in [6.07, 6.45) is 5.61. The topological polar surface area (TPSA) is 65.1 Å². The number of piperidine rings is 2. The summed E-state index contributed by atoms with van der Waals surface area (Å²) in [5, 5.41) is 7.19. The highest BCUT2D eigenvalue weighted by molar-refractivity contribution is 5.94. The van der Waals surface area contributed by atoms with Gasteiger partial charge in [0.2, 0.25) is 0 Å². The summed E-state index contributed by atoms with van der Waals surface area (Å²) >= 11 is 0. The van der Waals surface area contributed by atoms with Gasteiger partial charge in [-0.05, 0) is 63.4 Å². The van der Waals surface area contributed by atoms with E-state index in [0.717, 1.165) is 56.0 Å². The van der Waals surface area contributed by atoms with E-state index in [2.05, 4.69) is 32.0 Å². The molecular formula is C21H29N5O. The molecule has 144 valence electrons. The van der Waals surface area contributed by atoms with Crippen molar-refractivity contribution in [1.82, 2.24) is 25.0 Å². The van der Waals surface area contributed by atoms with Gasteiger partial charge in [0.05, 0.1) is 0 Å². The van der Waals surface area contributed by atoms with Gasteiger partial charge >= 0.3 is 0 Å². The molecule has 6 heteroatoms. The first-order chi connectivity index (χ1) is 13.1. The summed E-state index contributed by atoms with van der Waals surface area (Å²) in [5.74, 6) is 1.72. The number of aromatic amines is 1. The third-order valence-electron chi connectivity index (χ3n) is 6.25. The van der Waals surface area contributed by atoms with Crippen molar-refractivity contribution in [1.29, 1.82) is 0 Å². The van der Waals surface area contributed by atoms with E-state index in [1.165, 1.54) is 19.3 Å². The van der Waals surface area contributed by atoms with Crippen molar-refractivity contribution in [3.05, 3.63) is 35.7 Å². The number of H-pyrrole nitrogens is 1. The van der Waals surface area contributed by atoms with Crippen LogP contribution in [0.1, 0.15) is 48.8 Å². The molecule has 0 aliphatic carbocycles. The number of amides is 1. The third kappa shape index (κ3) is 3.76. The molecule has 2 aliphatic rings. The van der Waals surface area contributed by atoms with Crippen LogP contribution in [0.4, 0.5) is 0 Å². The molecule has 2 aliphatic heterocycles. The Morgan fingerprint density at radius 3 is 2.56 bits per heavy atom. The molecule has 0 radical (unpaired) electrons. The van der Waals surface area contributed by atoms with Crippen molar-refractivity contribution in [3.63, 3.8) is 0 Å². The monoisotopic (exact) mass is 367 g/mol. The smallest absolute Gasteiger partial charge is 0.253 e. The molecule has 0 atom stereocenters. The summed E-state index contributed by atoms with van der Waals surface area (Å²) in [7, 11) is 2.19. The van der Waals surface area contributed by atoms with Gasteiger partial charge in [0.25, 0.3) is 5.91 Å². The van der Waals surface area contributed by atoms with E-state index in [4.69, 9.17) is 0 Å². The van der Waals surface area contributed by atoms with Gasteiger partial charge in [-0.25, -0.2) is 4.98 Å². The number of aromatic nitrogens is 3. The lowest BCUT2D eigenvalue weighted by Gasteiger charge is -2.47. The first-order valence-electron chi connectivity index (χ1n) is 10.1. The van der Waals surface area contributed by atoms with Crippen LogP contribution < -0.4 is 0 Å².